The van der Waals surface area contributed by atoms with Crippen LogP contribution in [0.25, 0.3) is 11.3 Å². The molecule has 1 N–H and O–H groups in total. The Hall–Kier alpha value is -2.89. The Balaban J connectivity index is 2.45. The first-order valence-electron chi connectivity index (χ1n) is 6.78. The first-order chi connectivity index (χ1) is 10.7. The van der Waals surface area contributed by atoms with Crippen LogP contribution in [0.5, 0.6) is 0 Å². The van der Waals surface area contributed by atoms with Crippen LogP contribution in [0.15, 0.2) is 24.3 Å². The van der Waals surface area contributed by atoms with Crippen LogP contribution in [0.2, 0.25) is 0 Å². The van der Waals surface area contributed by atoms with Crippen LogP contribution in [0.3, 0.4) is 0 Å². The Labute approximate surface area is 130 Å². The maximum atomic E-state index is 9.15. The minimum Gasteiger partial charge on any atom is -0.383 e. The topological polar surface area (TPSA) is 70.8 Å². The fourth-order valence-corrected chi connectivity index (χ4v) is 2.04. The van der Waals surface area contributed by atoms with Gasteiger partial charge in [0.25, 0.3) is 0 Å². The molecular formula is C17H16N4O. The first-order valence-corrected chi connectivity index (χ1v) is 6.78. The summed E-state index contributed by atoms with van der Waals surface area (Å²) >= 11 is 0. The maximum Gasteiger partial charge on any atom is 0.224 e. The van der Waals surface area contributed by atoms with Crippen LogP contribution in [-0.4, -0.2) is 30.2 Å². The van der Waals surface area contributed by atoms with Crippen molar-refractivity contribution in [3.63, 3.8) is 0 Å². The summed E-state index contributed by atoms with van der Waals surface area (Å²) in [6.07, 6.45) is 5.47. The van der Waals surface area contributed by atoms with Crippen LogP contribution < -0.4 is 5.32 Å². The van der Waals surface area contributed by atoms with Crippen LogP contribution in [0.4, 0.5) is 5.95 Å². The standard InChI is InChI=1S/C17H16N4O/c1-4-14-10-16(21-17(20-14)19-8-9-22-3)15-7-5-6-13(11-18)12(15)2/h1,5-7,10H,8-9H2,2-3H3,(H,19,20,21). The summed E-state index contributed by atoms with van der Waals surface area (Å²) in [5, 5.41) is 12.2. The summed E-state index contributed by atoms with van der Waals surface area (Å²) in [6, 6.07) is 9.44. The SMILES string of the molecule is C#Cc1cc(-c2cccc(C#N)c2C)nc(NCCOC)n1. The van der Waals surface area contributed by atoms with Crippen molar-refractivity contribution in [1.29, 1.82) is 5.26 Å². The molecule has 2 rings (SSSR count). The van der Waals surface area contributed by atoms with E-state index < -0.39 is 0 Å². The van der Waals surface area contributed by atoms with E-state index >= 15 is 0 Å². The number of methoxy groups -OCH3 is 1. The van der Waals surface area contributed by atoms with Gasteiger partial charge in [0.05, 0.1) is 23.9 Å². The van der Waals surface area contributed by atoms with Gasteiger partial charge in [-0.05, 0) is 24.6 Å². The molecule has 0 saturated heterocycles. The third kappa shape index (κ3) is 3.41. The van der Waals surface area contributed by atoms with Crippen molar-refractivity contribution >= 4 is 5.95 Å². The van der Waals surface area contributed by atoms with Crippen molar-refractivity contribution in [2.75, 3.05) is 25.6 Å². The number of nitrogens with zero attached hydrogens (tertiary/aromatic N) is 3. The lowest BCUT2D eigenvalue weighted by Crippen LogP contribution is -2.11. The van der Waals surface area contributed by atoms with E-state index in [0.717, 1.165) is 11.1 Å². The van der Waals surface area contributed by atoms with E-state index in [-0.39, 0.29) is 0 Å². The molecule has 0 fully saturated rings. The largest absolute Gasteiger partial charge is 0.383 e. The lowest BCUT2D eigenvalue weighted by molar-refractivity contribution is 0.210. The highest BCUT2D eigenvalue weighted by molar-refractivity contribution is 5.68. The second-order valence-electron chi connectivity index (χ2n) is 4.62. The third-order valence-corrected chi connectivity index (χ3v) is 3.19. The molecular weight excluding hydrogens is 276 g/mol. The predicted molar refractivity (Wildman–Crippen MR) is 85.2 cm³/mol. The molecule has 0 bridgehead atoms. The van der Waals surface area contributed by atoms with Gasteiger partial charge in [0, 0.05) is 19.2 Å². The number of rotatable bonds is 5. The van der Waals surface area contributed by atoms with E-state index in [2.05, 4.69) is 27.3 Å². The first kappa shape index (κ1) is 15.5. The van der Waals surface area contributed by atoms with Gasteiger partial charge in [-0.1, -0.05) is 18.1 Å². The van der Waals surface area contributed by atoms with Gasteiger partial charge in [-0.15, -0.1) is 6.42 Å². The second kappa shape index (κ2) is 7.21. The summed E-state index contributed by atoms with van der Waals surface area (Å²) in [4.78, 5) is 8.72. The quantitative estimate of drug-likeness (QED) is 0.676. The Morgan fingerprint density at radius 2 is 2.18 bits per heavy atom. The fourth-order valence-electron chi connectivity index (χ4n) is 2.04. The van der Waals surface area contributed by atoms with Gasteiger partial charge in [-0.25, -0.2) is 9.97 Å². The van der Waals surface area contributed by atoms with E-state index in [4.69, 9.17) is 16.4 Å². The fraction of sp³-hybridized carbons (Fsp3) is 0.235. The van der Waals surface area contributed by atoms with E-state index in [1.165, 1.54) is 0 Å². The number of nitriles is 1. The Bertz CT molecular complexity index is 756. The number of nitrogens with one attached hydrogen (secondary N) is 1. The Morgan fingerprint density at radius 1 is 1.36 bits per heavy atom. The normalized spacial score (nSPS) is 9.82. The minimum atomic E-state index is 0.448. The number of anilines is 1. The molecule has 5 heteroatoms. The molecule has 1 heterocycles. The zero-order valence-corrected chi connectivity index (χ0v) is 12.6. The average Bonchev–Trinajstić information content (AvgIpc) is 2.55. The van der Waals surface area contributed by atoms with Gasteiger partial charge in [0.15, 0.2) is 0 Å². The van der Waals surface area contributed by atoms with Gasteiger partial charge in [-0.2, -0.15) is 5.26 Å². The van der Waals surface area contributed by atoms with E-state index in [9.17, 15) is 0 Å². The van der Waals surface area contributed by atoms with Crippen molar-refractivity contribution in [3.8, 4) is 29.7 Å². The minimum absolute atomic E-state index is 0.448. The van der Waals surface area contributed by atoms with Gasteiger partial charge in [0.2, 0.25) is 5.95 Å². The van der Waals surface area contributed by atoms with Crippen LogP contribution in [0.1, 0.15) is 16.8 Å². The van der Waals surface area contributed by atoms with Gasteiger partial charge in [0.1, 0.15) is 5.69 Å². The van der Waals surface area contributed by atoms with Crippen molar-refractivity contribution in [1.82, 2.24) is 9.97 Å². The van der Waals surface area contributed by atoms with E-state index in [1.54, 1.807) is 19.2 Å². The lowest BCUT2D eigenvalue weighted by Gasteiger charge is -2.10. The second-order valence-corrected chi connectivity index (χ2v) is 4.62. The molecule has 0 amide bonds. The van der Waals surface area contributed by atoms with Gasteiger partial charge < -0.3 is 10.1 Å². The smallest absolute Gasteiger partial charge is 0.224 e. The molecule has 0 aliphatic heterocycles. The number of hydrogen-bond donors (Lipinski definition) is 1. The molecule has 0 aliphatic carbocycles. The zero-order chi connectivity index (χ0) is 15.9. The third-order valence-electron chi connectivity index (χ3n) is 3.19. The van der Waals surface area contributed by atoms with Gasteiger partial charge in [-0.3, -0.25) is 0 Å². The Morgan fingerprint density at radius 3 is 2.86 bits per heavy atom. The molecule has 2 aromatic rings. The molecule has 0 saturated carbocycles. The van der Waals surface area contributed by atoms with Crippen molar-refractivity contribution in [2.24, 2.45) is 0 Å². The van der Waals surface area contributed by atoms with Crippen molar-refractivity contribution < 1.29 is 4.74 Å². The molecule has 0 radical (unpaired) electrons. The van der Waals surface area contributed by atoms with Gasteiger partial charge >= 0.3 is 0 Å². The summed E-state index contributed by atoms with van der Waals surface area (Å²) < 4.78 is 4.99. The summed E-state index contributed by atoms with van der Waals surface area (Å²) in [5.74, 6) is 2.98. The average molecular weight is 292 g/mol. The highest BCUT2D eigenvalue weighted by Gasteiger charge is 2.10. The summed E-state index contributed by atoms with van der Waals surface area (Å²) in [5.41, 5.74) is 3.54. The number of hydrogen-bond acceptors (Lipinski definition) is 5. The van der Waals surface area contributed by atoms with Crippen LogP contribution in [-0.2, 0) is 4.74 Å². The maximum absolute atomic E-state index is 9.15. The number of aromatic nitrogens is 2. The molecule has 0 atom stereocenters. The number of terminal acetylenes is 1. The number of benzene rings is 1. The predicted octanol–water partition coefficient (Wildman–Crippen LogP) is 2.36. The summed E-state index contributed by atoms with van der Waals surface area (Å²) in [7, 11) is 1.63. The molecule has 1 aromatic carbocycles. The van der Waals surface area contributed by atoms with Crippen molar-refractivity contribution in [2.45, 2.75) is 6.92 Å². The number of ether oxygens (including phenoxy) is 1. The zero-order valence-electron chi connectivity index (χ0n) is 12.6. The van der Waals surface area contributed by atoms with E-state index in [0.29, 0.717) is 36.1 Å². The molecule has 5 nitrogen and oxygen atoms in total. The summed E-state index contributed by atoms with van der Waals surface area (Å²) in [6.45, 7) is 3.02. The molecule has 22 heavy (non-hydrogen) atoms. The Kier molecular flexibility index (Phi) is 5.08. The van der Waals surface area contributed by atoms with E-state index in [1.807, 2.05) is 19.1 Å². The molecule has 0 aliphatic rings. The van der Waals surface area contributed by atoms with Crippen molar-refractivity contribution in [3.05, 3.63) is 41.1 Å². The molecule has 0 spiro atoms. The van der Waals surface area contributed by atoms with Crippen LogP contribution >= 0.6 is 0 Å². The molecule has 1 aromatic heterocycles. The van der Waals surface area contributed by atoms with Crippen LogP contribution in [0, 0.1) is 30.6 Å². The molecule has 110 valence electrons. The molecule has 0 unspecified atom stereocenters. The highest BCUT2D eigenvalue weighted by atomic mass is 16.5. The highest BCUT2D eigenvalue weighted by Crippen LogP contribution is 2.25. The monoisotopic (exact) mass is 292 g/mol. The lowest BCUT2D eigenvalue weighted by atomic mass is 10.0.